The lowest BCUT2D eigenvalue weighted by Crippen LogP contribution is -2.25. The van der Waals surface area contributed by atoms with Crippen molar-refractivity contribution in [3.05, 3.63) is 57.5 Å². The van der Waals surface area contributed by atoms with Gasteiger partial charge >= 0.3 is 0 Å². The quantitative estimate of drug-likeness (QED) is 0.891. The second kappa shape index (κ2) is 7.13. The normalized spacial score (nSPS) is 10.4. The number of carbonyl (C=O) groups excluding carboxylic acids is 1. The van der Waals surface area contributed by atoms with Crippen LogP contribution in [0, 0.1) is 13.8 Å². The molecule has 0 saturated heterocycles. The number of benzene rings is 1. The Bertz CT molecular complexity index is 761. The first-order valence-electron chi connectivity index (χ1n) is 7.83. The van der Waals surface area contributed by atoms with Gasteiger partial charge in [0.25, 0.3) is 11.5 Å². The molecule has 1 amide bonds. The number of aromatic amines is 1. The van der Waals surface area contributed by atoms with E-state index in [0.717, 1.165) is 24.3 Å². The fourth-order valence-corrected chi connectivity index (χ4v) is 2.62. The van der Waals surface area contributed by atoms with Gasteiger partial charge in [0.1, 0.15) is 5.56 Å². The molecule has 0 aliphatic rings. The Morgan fingerprint density at radius 2 is 1.83 bits per heavy atom. The maximum absolute atomic E-state index is 12.4. The number of amides is 1. The van der Waals surface area contributed by atoms with Gasteiger partial charge in [-0.15, -0.1) is 0 Å². The van der Waals surface area contributed by atoms with Crippen molar-refractivity contribution in [1.29, 1.82) is 0 Å². The molecule has 0 fully saturated rings. The van der Waals surface area contributed by atoms with Crippen molar-refractivity contribution >= 4 is 17.3 Å². The van der Waals surface area contributed by atoms with E-state index in [4.69, 9.17) is 0 Å². The molecule has 2 aromatic rings. The number of aromatic nitrogens is 1. The summed E-state index contributed by atoms with van der Waals surface area (Å²) in [5.74, 6) is -0.386. The molecular weight excluding hydrogens is 290 g/mol. The van der Waals surface area contributed by atoms with Crippen LogP contribution in [0.4, 0.5) is 11.4 Å². The highest BCUT2D eigenvalue weighted by Crippen LogP contribution is 2.23. The second-order valence-electron chi connectivity index (χ2n) is 5.49. The topological polar surface area (TPSA) is 65.2 Å². The number of H-pyrrole nitrogens is 1. The van der Waals surface area contributed by atoms with E-state index < -0.39 is 0 Å². The molecule has 2 rings (SSSR count). The second-order valence-corrected chi connectivity index (χ2v) is 5.49. The van der Waals surface area contributed by atoms with Crippen LogP contribution in [0.3, 0.4) is 0 Å². The van der Waals surface area contributed by atoms with Crippen LogP contribution >= 0.6 is 0 Å². The van der Waals surface area contributed by atoms with E-state index in [-0.39, 0.29) is 17.0 Å². The molecule has 0 aliphatic carbocycles. The van der Waals surface area contributed by atoms with E-state index in [1.54, 1.807) is 19.2 Å². The molecule has 0 aliphatic heterocycles. The van der Waals surface area contributed by atoms with Crippen molar-refractivity contribution in [2.45, 2.75) is 27.7 Å². The number of pyridine rings is 1. The van der Waals surface area contributed by atoms with Crippen molar-refractivity contribution in [3.63, 3.8) is 0 Å². The number of hydrogen-bond donors (Lipinski definition) is 2. The summed E-state index contributed by atoms with van der Waals surface area (Å²) in [6.07, 6.45) is 1.54. The lowest BCUT2D eigenvalue weighted by molar-refractivity contribution is 0.102. The van der Waals surface area contributed by atoms with Crippen LogP contribution in [-0.4, -0.2) is 24.0 Å². The van der Waals surface area contributed by atoms with Crippen LogP contribution < -0.4 is 15.8 Å². The summed E-state index contributed by atoms with van der Waals surface area (Å²) in [7, 11) is 0. The highest BCUT2D eigenvalue weighted by molar-refractivity contribution is 6.05. The van der Waals surface area contributed by atoms with Crippen LogP contribution in [-0.2, 0) is 0 Å². The van der Waals surface area contributed by atoms with Gasteiger partial charge in [-0.1, -0.05) is 0 Å². The van der Waals surface area contributed by atoms with Crippen LogP contribution in [0.2, 0.25) is 0 Å². The molecule has 0 unspecified atom stereocenters. The van der Waals surface area contributed by atoms with E-state index in [0.29, 0.717) is 11.3 Å². The lowest BCUT2D eigenvalue weighted by atomic mass is 10.1. The standard InChI is InChI=1S/C18H23N3O2/c1-5-21(6-2)14-7-8-15(13(4)11-14)20-18(23)16-12(3)9-10-19-17(16)22/h7-11H,5-6H2,1-4H3,(H,19,22)(H,20,23). The van der Waals surface area contributed by atoms with Gasteiger partial charge in [0.05, 0.1) is 0 Å². The predicted molar refractivity (Wildman–Crippen MR) is 94.5 cm³/mol. The van der Waals surface area contributed by atoms with Gasteiger partial charge in [0.15, 0.2) is 0 Å². The van der Waals surface area contributed by atoms with Gasteiger partial charge < -0.3 is 15.2 Å². The molecule has 5 heteroatoms. The Balaban J connectivity index is 2.27. The largest absolute Gasteiger partial charge is 0.372 e. The molecule has 122 valence electrons. The highest BCUT2D eigenvalue weighted by atomic mass is 16.2. The smallest absolute Gasteiger partial charge is 0.261 e. The van der Waals surface area contributed by atoms with E-state index in [9.17, 15) is 9.59 Å². The number of nitrogens with one attached hydrogen (secondary N) is 2. The van der Waals surface area contributed by atoms with E-state index in [1.165, 1.54) is 0 Å². The van der Waals surface area contributed by atoms with Crippen molar-refractivity contribution in [1.82, 2.24) is 4.98 Å². The minimum absolute atomic E-state index is 0.153. The van der Waals surface area contributed by atoms with E-state index in [2.05, 4.69) is 29.0 Å². The fourth-order valence-electron chi connectivity index (χ4n) is 2.62. The summed E-state index contributed by atoms with van der Waals surface area (Å²) in [5, 5.41) is 2.83. The molecule has 0 radical (unpaired) electrons. The maximum Gasteiger partial charge on any atom is 0.261 e. The summed E-state index contributed by atoms with van der Waals surface area (Å²) in [6.45, 7) is 9.78. The molecule has 0 spiro atoms. The number of aryl methyl sites for hydroxylation is 2. The Morgan fingerprint density at radius 3 is 2.39 bits per heavy atom. The van der Waals surface area contributed by atoms with Gasteiger partial charge in [-0.3, -0.25) is 9.59 Å². The lowest BCUT2D eigenvalue weighted by Gasteiger charge is -2.22. The van der Waals surface area contributed by atoms with Crippen molar-refractivity contribution in [3.8, 4) is 0 Å². The van der Waals surface area contributed by atoms with Gasteiger partial charge in [-0.05, 0) is 63.1 Å². The Hall–Kier alpha value is -2.56. The minimum atomic E-state index is -0.386. The summed E-state index contributed by atoms with van der Waals surface area (Å²) < 4.78 is 0. The van der Waals surface area contributed by atoms with Crippen LogP contribution in [0.5, 0.6) is 0 Å². The summed E-state index contributed by atoms with van der Waals surface area (Å²) >= 11 is 0. The molecule has 1 aromatic heterocycles. The Labute approximate surface area is 136 Å². The predicted octanol–water partition coefficient (Wildman–Crippen LogP) is 3.09. The SMILES string of the molecule is CCN(CC)c1ccc(NC(=O)c2c(C)cc[nH]c2=O)c(C)c1. The van der Waals surface area contributed by atoms with Crippen LogP contribution in [0.25, 0.3) is 0 Å². The number of hydrogen-bond acceptors (Lipinski definition) is 3. The van der Waals surface area contributed by atoms with E-state index >= 15 is 0 Å². The third kappa shape index (κ3) is 3.62. The van der Waals surface area contributed by atoms with Crippen LogP contribution in [0.15, 0.2) is 35.3 Å². The average molecular weight is 313 g/mol. The summed E-state index contributed by atoms with van der Waals surface area (Å²) in [6, 6.07) is 7.63. The molecule has 0 saturated carbocycles. The van der Waals surface area contributed by atoms with Gasteiger partial charge in [-0.2, -0.15) is 0 Å². The van der Waals surface area contributed by atoms with E-state index in [1.807, 2.05) is 25.1 Å². The first-order valence-corrected chi connectivity index (χ1v) is 7.83. The molecule has 5 nitrogen and oxygen atoms in total. The molecule has 0 bridgehead atoms. The van der Waals surface area contributed by atoms with Gasteiger partial charge in [0, 0.05) is 30.7 Å². The third-order valence-corrected chi connectivity index (χ3v) is 3.98. The zero-order valence-corrected chi connectivity index (χ0v) is 14.1. The molecule has 2 N–H and O–H groups in total. The van der Waals surface area contributed by atoms with Gasteiger partial charge in [0.2, 0.25) is 0 Å². The monoisotopic (exact) mass is 313 g/mol. The first-order chi connectivity index (χ1) is 11.0. The number of carbonyl (C=O) groups is 1. The first kappa shape index (κ1) is 16.8. The highest BCUT2D eigenvalue weighted by Gasteiger charge is 2.15. The molecule has 1 heterocycles. The minimum Gasteiger partial charge on any atom is -0.372 e. The number of anilines is 2. The summed E-state index contributed by atoms with van der Waals surface area (Å²) in [5.41, 5.74) is 3.24. The molecule has 1 aromatic carbocycles. The average Bonchev–Trinajstić information content (AvgIpc) is 2.51. The van der Waals surface area contributed by atoms with Gasteiger partial charge in [-0.25, -0.2) is 0 Å². The number of rotatable bonds is 5. The number of nitrogens with zero attached hydrogens (tertiary/aromatic N) is 1. The third-order valence-electron chi connectivity index (χ3n) is 3.98. The zero-order chi connectivity index (χ0) is 17.0. The van der Waals surface area contributed by atoms with Crippen molar-refractivity contribution in [2.75, 3.05) is 23.3 Å². The summed E-state index contributed by atoms with van der Waals surface area (Å²) in [4.78, 5) is 29.0. The zero-order valence-electron chi connectivity index (χ0n) is 14.1. The molecule has 23 heavy (non-hydrogen) atoms. The molecular formula is C18H23N3O2. The van der Waals surface area contributed by atoms with Crippen molar-refractivity contribution in [2.24, 2.45) is 0 Å². The van der Waals surface area contributed by atoms with Crippen LogP contribution in [0.1, 0.15) is 35.3 Å². The Morgan fingerprint density at radius 1 is 1.13 bits per heavy atom. The van der Waals surface area contributed by atoms with Crippen molar-refractivity contribution < 1.29 is 4.79 Å². The molecule has 0 atom stereocenters. The Kier molecular flexibility index (Phi) is 5.21. The maximum atomic E-state index is 12.4. The fraction of sp³-hybridized carbons (Fsp3) is 0.333.